The van der Waals surface area contributed by atoms with Crippen molar-refractivity contribution in [3.05, 3.63) is 47.3 Å². The quantitative estimate of drug-likeness (QED) is 0.701. The van der Waals surface area contributed by atoms with Crippen molar-refractivity contribution in [3.63, 3.8) is 0 Å². The minimum atomic E-state index is -0.124. The second-order valence-corrected chi connectivity index (χ2v) is 6.07. The van der Waals surface area contributed by atoms with Crippen LogP contribution in [0.2, 0.25) is 0 Å². The van der Waals surface area contributed by atoms with Crippen LogP contribution < -0.4 is 5.73 Å². The SMILES string of the molecule is C=C(C)C(C)N.CCCC(C)C.Cc1ccc(F)c(C)c1. The van der Waals surface area contributed by atoms with Crippen molar-refractivity contribution in [1.82, 2.24) is 0 Å². The maximum absolute atomic E-state index is 12.5. The molecule has 1 rings (SSSR count). The van der Waals surface area contributed by atoms with Gasteiger partial charge in [-0.05, 0) is 45.2 Å². The van der Waals surface area contributed by atoms with E-state index >= 15 is 0 Å². The lowest BCUT2D eigenvalue weighted by molar-refractivity contribution is 0.576. The van der Waals surface area contributed by atoms with E-state index in [1.54, 1.807) is 13.0 Å². The molecule has 21 heavy (non-hydrogen) atoms. The summed E-state index contributed by atoms with van der Waals surface area (Å²) in [4.78, 5) is 0. The number of hydrogen-bond acceptors (Lipinski definition) is 1. The summed E-state index contributed by atoms with van der Waals surface area (Å²) in [6, 6.07) is 5.24. The molecule has 2 heteroatoms. The van der Waals surface area contributed by atoms with Crippen LogP contribution in [0.15, 0.2) is 30.4 Å². The van der Waals surface area contributed by atoms with Gasteiger partial charge in [-0.1, -0.05) is 63.5 Å². The fraction of sp³-hybridized carbons (Fsp3) is 0.579. The van der Waals surface area contributed by atoms with Gasteiger partial charge in [-0.3, -0.25) is 0 Å². The van der Waals surface area contributed by atoms with Gasteiger partial charge >= 0.3 is 0 Å². The van der Waals surface area contributed by atoms with Crippen LogP contribution in [-0.2, 0) is 0 Å². The Kier molecular flexibility index (Phi) is 13.3. The summed E-state index contributed by atoms with van der Waals surface area (Å²) in [5, 5.41) is 0. The molecule has 0 aliphatic heterocycles. The van der Waals surface area contributed by atoms with Gasteiger partial charge in [0.1, 0.15) is 5.82 Å². The van der Waals surface area contributed by atoms with E-state index in [2.05, 4.69) is 27.4 Å². The first-order valence-corrected chi connectivity index (χ1v) is 7.75. The molecule has 0 aliphatic rings. The van der Waals surface area contributed by atoms with Crippen LogP contribution >= 0.6 is 0 Å². The molecule has 0 fully saturated rings. The van der Waals surface area contributed by atoms with E-state index in [4.69, 9.17) is 5.73 Å². The maximum Gasteiger partial charge on any atom is 0.126 e. The molecule has 0 bridgehead atoms. The van der Waals surface area contributed by atoms with Crippen molar-refractivity contribution in [2.75, 3.05) is 0 Å². The molecular weight excluding hydrogens is 261 g/mol. The van der Waals surface area contributed by atoms with Crippen LogP contribution in [0.3, 0.4) is 0 Å². The summed E-state index contributed by atoms with van der Waals surface area (Å²) in [7, 11) is 0. The average molecular weight is 295 g/mol. The molecule has 1 atom stereocenters. The van der Waals surface area contributed by atoms with Gasteiger partial charge in [-0.2, -0.15) is 0 Å². The maximum atomic E-state index is 12.5. The minimum absolute atomic E-state index is 0.124. The van der Waals surface area contributed by atoms with E-state index in [1.807, 2.05) is 26.8 Å². The summed E-state index contributed by atoms with van der Waals surface area (Å²) in [5.41, 5.74) is 8.20. The van der Waals surface area contributed by atoms with Crippen LogP contribution in [0.5, 0.6) is 0 Å². The van der Waals surface area contributed by atoms with Crippen molar-refractivity contribution in [2.24, 2.45) is 11.7 Å². The average Bonchev–Trinajstić information content (AvgIpc) is 2.35. The van der Waals surface area contributed by atoms with Crippen LogP contribution in [0.4, 0.5) is 4.39 Å². The second kappa shape index (κ2) is 12.6. The largest absolute Gasteiger partial charge is 0.324 e. The number of nitrogens with two attached hydrogens (primary N) is 1. The Labute approximate surface area is 131 Å². The summed E-state index contributed by atoms with van der Waals surface area (Å²) < 4.78 is 12.5. The summed E-state index contributed by atoms with van der Waals surface area (Å²) in [6.45, 7) is 17.9. The first kappa shape index (κ1) is 22.1. The molecule has 1 aromatic carbocycles. The van der Waals surface area contributed by atoms with Gasteiger partial charge in [0, 0.05) is 6.04 Å². The molecule has 0 saturated heterocycles. The van der Waals surface area contributed by atoms with E-state index in [1.165, 1.54) is 18.9 Å². The third-order valence-corrected chi connectivity index (χ3v) is 2.96. The fourth-order valence-corrected chi connectivity index (χ4v) is 1.37. The molecule has 1 nitrogen and oxygen atoms in total. The number of hydrogen-bond donors (Lipinski definition) is 1. The molecule has 1 aromatic rings. The highest BCUT2D eigenvalue weighted by atomic mass is 19.1. The highest BCUT2D eigenvalue weighted by Crippen LogP contribution is 2.07. The van der Waals surface area contributed by atoms with Gasteiger partial charge in [0.2, 0.25) is 0 Å². The minimum Gasteiger partial charge on any atom is -0.324 e. The van der Waals surface area contributed by atoms with E-state index in [9.17, 15) is 4.39 Å². The standard InChI is InChI=1S/C8H9F.C6H14.C5H11N/c1-6-3-4-8(9)7(2)5-6;1-4-5-6(2)3;1-4(2)5(3)6/h3-5H,1-2H3;6H,4-5H2,1-3H3;5H,1,6H2,2-3H3. The Bertz CT molecular complexity index is 395. The van der Waals surface area contributed by atoms with Crippen molar-refractivity contribution in [1.29, 1.82) is 0 Å². The Morgan fingerprint density at radius 1 is 1.24 bits per heavy atom. The highest BCUT2D eigenvalue weighted by molar-refractivity contribution is 5.22. The number of benzene rings is 1. The Balaban J connectivity index is 0. The molecule has 1 unspecified atom stereocenters. The molecule has 0 aliphatic carbocycles. The van der Waals surface area contributed by atoms with Gasteiger partial charge < -0.3 is 5.73 Å². The van der Waals surface area contributed by atoms with Crippen molar-refractivity contribution in [2.45, 2.75) is 67.3 Å². The predicted octanol–water partition coefficient (Wildman–Crippen LogP) is 5.79. The smallest absolute Gasteiger partial charge is 0.126 e. The van der Waals surface area contributed by atoms with Crippen LogP contribution in [0.25, 0.3) is 0 Å². The van der Waals surface area contributed by atoms with Crippen LogP contribution in [-0.4, -0.2) is 6.04 Å². The third kappa shape index (κ3) is 15.1. The zero-order chi connectivity index (χ0) is 17.0. The second-order valence-electron chi connectivity index (χ2n) is 6.07. The van der Waals surface area contributed by atoms with E-state index in [-0.39, 0.29) is 11.9 Å². The van der Waals surface area contributed by atoms with E-state index in [0.717, 1.165) is 22.6 Å². The predicted molar refractivity (Wildman–Crippen MR) is 94.1 cm³/mol. The Morgan fingerprint density at radius 3 is 1.90 bits per heavy atom. The zero-order valence-electron chi connectivity index (χ0n) is 15.0. The number of aryl methyl sites for hydroxylation is 2. The normalized spacial score (nSPS) is 11.0. The molecule has 0 aromatic heterocycles. The molecule has 0 amide bonds. The molecule has 0 spiro atoms. The van der Waals surface area contributed by atoms with Gasteiger partial charge in [0.05, 0.1) is 0 Å². The highest BCUT2D eigenvalue weighted by Gasteiger charge is 1.93. The van der Waals surface area contributed by atoms with Gasteiger partial charge in [-0.15, -0.1) is 0 Å². The third-order valence-electron chi connectivity index (χ3n) is 2.96. The molecule has 0 saturated carbocycles. The lowest BCUT2D eigenvalue weighted by Gasteiger charge is -1.98. The molecule has 0 radical (unpaired) electrons. The molecule has 122 valence electrons. The number of halogens is 1. The summed E-state index contributed by atoms with van der Waals surface area (Å²) >= 11 is 0. The van der Waals surface area contributed by atoms with E-state index < -0.39 is 0 Å². The van der Waals surface area contributed by atoms with Crippen LogP contribution in [0.1, 0.15) is 58.6 Å². The number of rotatable bonds is 3. The first-order valence-electron chi connectivity index (χ1n) is 7.75. The lowest BCUT2D eigenvalue weighted by atomic mass is 10.1. The topological polar surface area (TPSA) is 26.0 Å². The van der Waals surface area contributed by atoms with Crippen LogP contribution in [0, 0.1) is 25.6 Å². The Morgan fingerprint density at radius 2 is 1.71 bits per heavy atom. The van der Waals surface area contributed by atoms with Gasteiger partial charge in [-0.25, -0.2) is 4.39 Å². The zero-order valence-corrected chi connectivity index (χ0v) is 15.0. The van der Waals surface area contributed by atoms with Crippen molar-refractivity contribution in [3.8, 4) is 0 Å². The first-order chi connectivity index (χ1) is 9.61. The fourth-order valence-electron chi connectivity index (χ4n) is 1.37. The Hall–Kier alpha value is -1.15. The van der Waals surface area contributed by atoms with E-state index in [0.29, 0.717) is 0 Å². The van der Waals surface area contributed by atoms with Crippen molar-refractivity contribution < 1.29 is 4.39 Å². The van der Waals surface area contributed by atoms with Gasteiger partial charge in [0.25, 0.3) is 0 Å². The monoisotopic (exact) mass is 295 g/mol. The summed E-state index contributed by atoms with van der Waals surface area (Å²) in [5.74, 6) is 0.774. The molecule has 2 N–H and O–H groups in total. The van der Waals surface area contributed by atoms with Gasteiger partial charge in [0.15, 0.2) is 0 Å². The lowest BCUT2D eigenvalue weighted by Crippen LogP contribution is -2.14. The van der Waals surface area contributed by atoms with Crippen molar-refractivity contribution >= 4 is 0 Å². The molecule has 0 heterocycles. The summed E-state index contributed by atoms with van der Waals surface area (Å²) in [6.07, 6.45) is 2.71. The molecular formula is C19H34FN.